The molecule has 0 unspecified atom stereocenters. The summed E-state index contributed by atoms with van der Waals surface area (Å²) in [6.45, 7) is 2.54. The van der Waals surface area contributed by atoms with Crippen molar-refractivity contribution in [2.24, 2.45) is 0 Å². The molecule has 0 aliphatic rings. The largest absolute Gasteiger partial charge is 0.383 e. The lowest BCUT2D eigenvalue weighted by Gasteiger charge is -2.14. The fourth-order valence-corrected chi connectivity index (χ4v) is 3.42. The number of alkyl halides is 1. The van der Waals surface area contributed by atoms with Gasteiger partial charge in [0, 0.05) is 41.7 Å². The third kappa shape index (κ3) is 4.39. The predicted molar refractivity (Wildman–Crippen MR) is 123 cm³/mol. The molecule has 1 aromatic heterocycles. The van der Waals surface area contributed by atoms with Gasteiger partial charge in [0.25, 0.3) is 0 Å². The number of nitrogens with zero attached hydrogens (tertiary/aromatic N) is 1. The molecule has 27 heavy (non-hydrogen) atoms. The number of aromatic nitrogens is 1. The quantitative estimate of drug-likeness (QED) is 0.183. The van der Waals surface area contributed by atoms with Gasteiger partial charge in [-0.15, -0.1) is 36.4 Å². The molecule has 0 radical (unpaired) electrons. The summed E-state index contributed by atoms with van der Waals surface area (Å²) in [6.07, 6.45) is 0. The van der Waals surface area contributed by atoms with E-state index in [-0.39, 0.29) is 24.8 Å². The molecule has 3 aromatic carbocycles. The Morgan fingerprint density at radius 3 is 2.30 bits per heavy atom. The molecule has 0 aliphatic carbocycles. The minimum absolute atomic E-state index is 0. The lowest BCUT2D eigenvalue weighted by atomic mass is 10.0. The van der Waals surface area contributed by atoms with Gasteiger partial charge in [0.15, 0.2) is 0 Å². The van der Waals surface area contributed by atoms with E-state index < -0.39 is 0 Å². The van der Waals surface area contributed by atoms with Gasteiger partial charge in [-0.2, -0.15) is 0 Å². The molecule has 0 bridgehead atoms. The average molecular weight is 423 g/mol. The molecule has 0 spiro atoms. The van der Waals surface area contributed by atoms with Crippen LogP contribution in [0, 0.1) is 0 Å². The van der Waals surface area contributed by atoms with E-state index >= 15 is 0 Å². The normalized spacial score (nSPS) is 10.6. The summed E-state index contributed by atoms with van der Waals surface area (Å²) in [5, 5.41) is 11.7. The van der Waals surface area contributed by atoms with E-state index in [1.54, 1.807) is 0 Å². The van der Waals surface area contributed by atoms with Gasteiger partial charge >= 0.3 is 0 Å². The highest BCUT2D eigenvalue weighted by molar-refractivity contribution is 6.18. The summed E-state index contributed by atoms with van der Waals surface area (Å²) in [7, 11) is 0. The summed E-state index contributed by atoms with van der Waals surface area (Å²) < 4.78 is 0. The van der Waals surface area contributed by atoms with Gasteiger partial charge in [-0.25, -0.2) is 4.98 Å². The second-order valence-electron chi connectivity index (χ2n) is 6.05. The van der Waals surface area contributed by atoms with Crippen molar-refractivity contribution < 1.29 is 0 Å². The molecular formula is C21H22Cl3N3. The Kier molecular flexibility index (Phi) is 7.93. The van der Waals surface area contributed by atoms with Gasteiger partial charge in [0.1, 0.15) is 0 Å². The minimum Gasteiger partial charge on any atom is -0.383 e. The molecule has 0 saturated heterocycles. The first-order valence-corrected chi connectivity index (χ1v) is 9.13. The van der Waals surface area contributed by atoms with Crippen LogP contribution in [-0.4, -0.2) is 30.5 Å². The lowest BCUT2D eigenvalue weighted by Crippen LogP contribution is -2.24. The lowest BCUT2D eigenvalue weighted by molar-refractivity contribution is 0.743. The second-order valence-corrected chi connectivity index (χ2v) is 6.43. The van der Waals surface area contributed by atoms with Crippen molar-refractivity contribution in [3.63, 3.8) is 0 Å². The fraction of sp³-hybridized carbons (Fsp3) is 0.190. The molecule has 0 saturated carbocycles. The van der Waals surface area contributed by atoms with E-state index in [1.807, 2.05) is 6.07 Å². The predicted octanol–water partition coefficient (Wildman–Crippen LogP) is 5.63. The molecule has 2 N–H and O–H groups in total. The maximum absolute atomic E-state index is 5.72. The Hall–Kier alpha value is -1.78. The minimum atomic E-state index is 0. The first-order chi connectivity index (χ1) is 12.4. The van der Waals surface area contributed by atoms with Crippen LogP contribution in [0.15, 0.2) is 60.7 Å². The number of rotatable bonds is 6. The number of benzene rings is 3. The molecule has 3 nitrogen and oxygen atoms in total. The number of hydrogen-bond acceptors (Lipinski definition) is 3. The van der Waals surface area contributed by atoms with Crippen molar-refractivity contribution in [1.82, 2.24) is 10.3 Å². The summed E-state index contributed by atoms with van der Waals surface area (Å²) in [4.78, 5) is 4.95. The fourth-order valence-electron chi connectivity index (χ4n) is 3.28. The van der Waals surface area contributed by atoms with Gasteiger partial charge in [-0.3, -0.25) is 0 Å². The van der Waals surface area contributed by atoms with E-state index in [9.17, 15) is 0 Å². The number of halogens is 3. The van der Waals surface area contributed by atoms with Gasteiger partial charge < -0.3 is 10.6 Å². The molecule has 4 rings (SSSR count). The van der Waals surface area contributed by atoms with Gasteiger partial charge in [-0.1, -0.05) is 54.6 Å². The van der Waals surface area contributed by atoms with Gasteiger partial charge in [-0.05, 0) is 11.5 Å². The van der Waals surface area contributed by atoms with Crippen LogP contribution in [0.25, 0.3) is 32.6 Å². The van der Waals surface area contributed by atoms with Crippen LogP contribution in [0.1, 0.15) is 0 Å². The van der Waals surface area contributed by atoms with Crippen LogP contribution in [0.2, 0.25) is 0 Å². The molecule has 0 fully saturated rings. The highest BCUT2D eigenvalue weighted by Crippen LogP contribution is 2.34. The van der Waals surface area contributed by atoms with E-state index in [0.717, 1.165) is 47.1 Å². The standard InChI is InChI=1S/C21H20ClN3.2ClH/c22-11-12-23-13-14-24-20-17-7-3-4-8-19(17)25-21-16-6-2-1-5-15(16)9-10-18(20)21;;/h1-10,23H,11-14H2,(H,24,25);2*1H. The Morgan fingerprint density at radius 2 is 1.48 bits per heavy atom. The van der Waals surface area contributed by atoms with Gasteiger partial charge in [0.05, 0.1) is 16.7 Å². The third-order valence-corrected chi connectivity index (χ3v) is 4.64. The Balaban J connectivity index is 0.00000131. The topological polar surface area (TPSA) is 37.0 Å². The van der Waals surface area contributed by atoms with E-state index in [4.69, 9.17) is 16.6 Å². The number of fused-ring (bicyclic) bond motifs is 4. The smallest absolute Gasteiger partial charge is 0.0808 e. The molecule has 0 atom stereocenters. The number of anilines is 1. The second kappa shape index (κ2) is 9.95. The number of para-hydroxylation sites is 1. The van der Waals surface area contributed by atoms with Crippen molar-refractivity contribution in [1.29, 1.82) is 0 Å². The third-order valence-electron chi connectivity index (χ3n) is 4.45. The molecule has 0 amide bonds. The first kappa shape index (κ1) is 21.5. The van der Waals surface area contributed by atoms with Crippen molar-refractivity contribution in [3.8, 4) is 0 Å². The highest BCUT2D eigenvalue weighted by atomic mass is 35.5. The molecular weight excluding hydrogens is 401 g/mol. The summed E-state index contributed by atoms with van der Waals surface area (Å²) in [6, 6.07) is 21.1. The summed E-state index contributed by atoms with van der Waals surface area (Å²) in [5.74, 6) is 0.632. The van der Waals surface area contributed by atoms with Crippen LogP contribution in [0.4, 0.5) is 5.69 Å². The zero-order valence-corrected chi connectivity index (χ0v) is 17.1. The Morgan fingerprint density at radius 1 is 0.741 bits per heavy atom. The van der Waals surface area contributed by atoms with Crippen LogP contribution >= 0.6 is 36.4 Å². The van der Waals surface area contributed by atoms with E-state index in [2.05, 4.69) is 65.2 Å². The average Bonchev–Trinajstić information content (AvgIpc) is 2.67. The molecule has 4 aromatic rings. The number of pyridine rings is 1. The number of nitrogens with one attached hydrogen (secondary N) is 2. The highest BCUT2D eigenvalue weighted by Gasteiger charge is 2.10. The van der Waals surface area contributed by atoms with Crippen molar-refractivity contribution >= 4 is 74.7 Å². The maximum Gasteiger partial charge on any atom is 0.0808 e. The summed E-state index contributed by atoms with van der Waals surface area (Å²) >= 11 is 5.72. The molecule has 6 heteroatoms. The van der Waals surface area contributed by atoms with E-state index in [0.29, 0.717) is 5.88 Å². The van der Waals surface area contributed by atoms with Crippen molar-refractivity contribution in [2.45, 2.75) is 0 Å². The van der Waals surface area contributed by atoms with Gasteiger partial charge in [0.2, 0.25) is 0 Å². The van der Waals surface area contributed by atoms with Crippen LogP contribution in [-0.2, 0) is 0 Å². The summed E-state index contributed by atoms with van der Waals surface area (Å²) in [5.41, 5.74) is 3.22. The van der Waals surface area contributed by atoms with Crippen LogP contribution < -0.4 is 10.6 Å². The Labute approximate surface area is 176 Å². The van der Waals surface area contributed by atoms with Crippen LogP contribution in [0.3, 0.4) is 0 Å². The zero-order chi connectivity index (χ0) is 17.1. The molecule has 1 heterocycles. The van der Waals surface area contributed by atoms with Crippen molar-refractivity contribution in [2.75, 3.05) is 30.8 Å². The van der Waals surface area contributed by atoms with E-state index in [1.165, 1.54) is 10.8 Å². The maximum atomic E-state index is 5.72. The van der Waals surface area contributed by atoms with Crippen LogP contribution in [0.5, 0.6) is 0 Å². The van der Waals surface area contributed by atoms with Crippen molar-refractivity contribution in [3.05, 3.63) is 60.7 Å². The number of hydrogen-bond donors (Lipinski definition) is 2. The first-order valence-electron chi connectivity index (χ1n) is 8.59. The zero-order valence-electron chi connectivity index (χ0n) is 14.7. The molecule has 0 aliphatic heterocycles. The molecule has 142 valence electrons. The Bertz CT molecular complexity index is 1040. The SMILES string of the molecule is Cl.Cl.ClCCNCCNc1c2ccccc2nc2c1ccc1ccccc12. The monoisotopic (exact) mass is 421 g/mol.